The molecule has 1 aliphatic rings. The lowest BCUT2D eigenvalue weighted by molar-refractivity contribution is -0.870. The van der Waals surface area contributed by atoms with Crippen LogP contribution in [0.3, 0.4) is 0 Å². The van der Waals surface area contributed by atoms with Crippen molar-refractivity contribution in [1.29, 1.82) is 0 Å². The van der Waals surface area contributed by atoms with Gasteiger partial charge in [0.1, 0.15) is 0 Å². The number of carbonyl (C=O) groups excluding carboxylic acids is 2. The second kappa shape index (κ2) is 6.00. The number of hydrogen-bond donors (Lipinski definition) is 0. The summed E-state index contributed by atoms with van der Waals surface area (Å²) in [4.78, 5) is 25.5. The number of fused-ring (bicyclic) bond motifs is 1. The third-order valence-corrected chi connectivity index (χ3v) is 3.09. The Morgan fingerprint density at radius 2 is 1.47 bits per heavy atom. The van der Waals surface area contributed by atoms with Gasteiger partial charge in [-0.25, -0.2) is 0 Å². The second-order valence-corrected chi connectivity index (χ2v) is 5.68. The molecule has 0 bridgehead atoms. The smallest absolute Gasteiger partial charge is 0.261 e. The summed E-state index contributed by atoms with van der Waals surface area (Å²) >= 11 is 0. The lowest BCUT2D eigenvalue weighted by Gasteiger charge is -2.24. The van der Waals surface area contributed by atoms with E-state index >= 15 is 0 Å². The zero-order valence-electron chi connectivity index (χ0n) is 11.5. The quantitative estimate of drug-likeness (QED) is 0.361. The average molecular weight is 374 g/mol. The number of amides is 2. The van der Waals surface area contributed by atoms with Crippen molar-refractivity contribution in [2.24, 2.45) is 0 Å². The van der Waals surface area contributed by atoms with E-state index in [1.54, 1.807) is 24.3 Å². The van der Waals surface area contributed by atoms with E-state index in [0.717, 1.165) is 17.4 Å². The maximum atomic E-state index is 12.1. The van der Waals surface area contributed by atoms with Crippen LogP contribution in [0.4, 0.5) is 0 Å². The Kier molecular flexibility index (Phi) is 5.09. The van der Waals surface area contributed by atoms with Crippen molar-refractivity contribution in [1.82, 2.24) is 4.90 Å². The summed E-state index contributed by atoms with van der Waals surface area (Å²) in [7, 11) is 6.30. The summed E-state index contributed by atoms with van der Waals surface area (Å²) in [5.41, 5.74) is 1.07. The third kappa shape index (κ3) is 3.54. The van der Waals surface area contributed by atoms with Gasteiger partial charge in [-0.05, 0) is 12.1 Å². The lowest BCUT2D eigenvalue weighted by atomic mass is 10.1. The van der Waals surface area contributed by atoms with Crippen LogP contribution in [-0.4, -0.2) is 55.4 Å². The summed E-state index contributed by atoms with van der Waals surface area (Å²) in [6.07, 6.45) is 0.828. The zero-order chi connectivity index (χ0) is 13.3. The van der Waals surface area contributed by atoms with Crippen LogP contribution in [0.25, 0.3) is 0 Å². The van der Waals surface area contributed by atoms with E-state index in [1.807, 2.05) is 0 Å². The van der Waals surface area contributed by atoms with Crippen LogP contribution in [0.5, 0.6) is 0 Å². The first kappa shape index (κ1) is 16.1. The largest absolute Gasteiger partial charge is 1.00 e. The predicted octanol–water partition coefficient (Wildman–Crippen LogP) is -1.62. The molecule has 1 aromatic carbocycles. The SMILES string of the molecule is C[N+](C)(C)CCCN1C(=O)c2ccccc2C1=O.[I-]. The Balaban J connectivity index is 0.00000180. The van der Waals surface area contributed by atoms with Gasteiger partial charge in [-0.3, -0.25) is 14.5 Å². The fourth-order valence-corrected chi connectivity index (χ4v) is 2.15. The number of nitrogens with zero attached hydrogens (tertiary/aromatic N) is 2. The normalized spacial score (nSPS) is 14.4. The van der Waals surface area contributed by atoms with E-state index in [0.29, 0.717) is 17.7 Å². The third-order valence-electron chi connectivity index (χ3n) is 3.09. The van der Waals surface area contributed by atoms with Gasteiger partial charge in [0.25, 0.3) is 11.8 Å². The minimum atomic E-state index is -0.156. The number of quaternary nitrogens is 1. The van der Waals surface area contributed by atoms with E-state index in [9.17, 15) is 9.59 Å². The van der Waals surface area contributed by atoms with E-state index in [1.165, 1.54) is 4.90 Å². The fourth-order valence-electron chi connectivity index (χ4n) is 2.15. The average Bonchev–Trinajstić information content (AvgIpc) is 2.53. The first-order chi connectivity index (χ1) is 8.40. The van der Waals surface area contributed by atoms with E-state index in [2.05, 4.69) is 21.1 Å². The first-order valence-electron chi connectivity index (χ1n) is 6.16. The molecule has 4 nitrogen and oxygen atoms in total. The zero-order valence-corrected chi connectivity index (χ0v) is 13.7. The molecule has 19 heavy (non-hydrogen) atoms. The van der Waals surface area contributed by atoms with Crippen molar-refractivity contribution in [2.45, 2.75) is 6.42 Å². The van der Waals surface area contributed by atoms with Crippen LogP contribution < -0.4 is 24.0 Å². The molecule has 0 spiro atoms. The fraction of sp³-hybridized carbons (Fsp3) is 0.429. The molecule has 0 saturated carbocycles. The highest BCUT2D eigenvalue weighted by Crippen LogP contribution is 2.22. The Bertz CT molecular complexity index is 459. The first-order valence-corrected chi connectivity index (χ1v) is 6.16. The number of carbonyl (C=O) groups is 2. The van der Waals surface area contributed by atoms with Crippen molar-refractivity contribution in [2.75, 3.05) is 34.2 Å². The maximum absolute atomic E-state index is 12.1. The molecule has 1 heterocycles. The molecule has 0 atom stereocenters. The van der Waals surface area contributed by atoms with Crippen molar-refractivity contribution in [3.8, 4) is 0 Å². The molecule has 1 aliphatic heterocycles. The number of rotatable bonds is 4. The molecule has 5 heteroatoms. The molecule has 0 fully saturated rings. The number of imide groups is 1. The molecule has 104 valence electrons. The molecular weight excluding hydrogens is 355 g/mol. The van der Waals surface area contributed by atoms with E-state index in [4.69, 9.17) is 0 Å². The summed E-state index contributed by atoms with van der Waals surface area (Å²) in [6, 6.07) is 7.02. The molecule has 0 N–H and O–H groups in total. The molecule has 0 aromatic heterocycles. The van der Waals surface area contributed by atoms with Crippen molar-refractivity contribution in [3.05, 3.63) is 35.4 Å². The minimum absolute atomic E-state index is 0. The van der Waals surface area contributed by atoms with Crippen molar-refractivity contribution >= 4 is 11.8 Å². The van der Waals surface area contributed by atoms with Gasteiger partial charge in [-0.2, -0.15) is 0 Å². The Hall–Kier alpha value is -0.950. The molecule has 0 radical (unpaired) electrons. The van der Waals surface area contributed by atoms with Crippen LogP contribution in [0.1, 0.15) is 27.1 Å². The van der Waals surface area contributed by atoms with E-state index < -0.39 is 0 Å². The monoisotopic (exact) mass is 374 g/mol. The summed E-state index contributed by atoms with van der Waals surface area (Å²) in [6.45, 7) is 1.44. The molecular formula is C14H19IN2O2. The number of benzene rings is 1. The Morgan fingerprint density at radius 1 is 1.00 bits per heavy atom. The molecule has 2 rings (SSSR count). The van der Waals surface area contributed by atoms with Gasteiger partial charge >= 0.3 is 0 Å². The van der Waals surface area contributed by atoms with Crippen LogP contribution in [0.2, 0.25) is 0 Å². The van der Waals surface area contributed by atoms with Crippen LogP contribution in [0.15, 0.2) is 24.3 Å². The van der Waals surface area contributed by atoms with Gasteiger partial charge in [-0.1, -0.05) is 12.1 Å². The van der Waals surface area contributed by atoms with Crippen LogP contribution in [0, 0.1) is 0 Å². The van der Waals surface area contributed by atoms with E-state index in [-0.39, 0.29) is 35.8 Å². The van der Waals surface area contributed by atoms with Crippen molar-refractivity contribution < 1.29 is 38.0 Å². The van der Waals surface area contributed by atoms with Gasteiger partial charge in [-0.15, -0.1) is 0 Å². The van der Waals surface area contributed by atoms with Gasteiger partial charge in [0, 0.05) is 13.0 Å². The summed E-state index contributed by atoms with van der Waals surface area (Å²) in [5.74, 6) is -0.311. The minimum Gasteiger partial charge on any atom is -1.00 e. The number of halogens is 1. The van der Waals surface area contributed by atoms with Gasteiger partial charge in [0.2, 0.25) is 0 Å². The summed E-state index contributed by atoms with van der Waals surface area (Å²) in [5, 5.41) is 0. The topological polar surface area (TPSA) is 37.4 Å². The molecule has 0 aliphatic carbocycles. The van der Waals surface area contributed by atoms with Crippen molar-refractivity contribution in [3.63, 3.8) is 0 Å². The predicted molar refractivity (Wildman–Crippen MR) is 69.3 cm³/mol. The van der Waals surface area contributed by atoms with Gasteiger partial charge in [0.05, 0.1) is 38.8 Å². The second-order valence-electron chi connectivity index (χ2n) is 5.68. The maximum Gasteiger partial charge on any atom is 0.261 e. The Labute approximate surface area is 131 Å². The molecule has 1 aromatic rings. The lowest BCUT2D eigenvalue weighted by Crippen LogP contribution is -3.00. The highest BCUT2D eigenvalue weighted by atomic mass is 127. The van der Waals surface area contributed by atoms with Crippen LogP contribution >= 0.6 is 0 Å². The van der Waals surface area contributed by atoms with Crippen LogP contribution in [-0.2, 0) is 0 Å². The van der Waals surface area contributed by atoms with Gasteiger partial charge in [0.15, 0.2) is 0 Å². The van der Waals surface area contributed by atoms with Gasteiger partial charge < -0.3 is 28.5 Å². The standard InChI is InChI=1S/C14H19N2O2.HI/c1-16(2,3)10-6-9-15-13(17)11-7-4-5-8-12(11)14(15)18;/h4-5,7-8H,6,9-10H2,1-3H3;1H/q+1;/p-1. The Morgan fingerprint density at radius 3 is 1.89 bits per heavy atom. The molecule has 2 amide bonds. The number of hydrogen-bond acceptors (Lipinski definition) is 2. The highest BCUT2D eigenvalue weighted by Gasteiger charge is 2.34. The summed E-state index contributed by atoms with van der Waals surface area (Å²) < 4.78 is 0.836. The highest BCUT2D eigenvalue weighted by molar-refractivity contribution is 6.21. The molecule has 0 saturated heterocycles. The molecule has 0 unspecified atom stereocenters.